The summed E-state index contributed by atoms with van der Waals surface area (Å²) < 4.78 is 14.3. The first-order valence-electron chi connectivity index (χ1n) is 11.9. The molecule has 36 heavy (non-hydrogen) atoms. The summed E-state index contributed by atoms with van der Waals surface area (Å²) in [5.74, 6) is -1.54. The molecule has 3 aromatic rings. The second-order valence-corrected chi connectivity index (χ2v) is 9.25. The summed E-state index contributed by atoms with van der Waals surface area (Å²) in [6, 6.07) is 7.38. The van der Waals surface area contributed by atoms with Gasteiger partial charge in [0.2, 0.25) is 11.7 Å². The van der Waals surface area contributed by atoms with Crippen LogP contribution in [0.15, 0.2) is 41.3 Å². The fourth-order valence-corrected chi connectivity index (χ4v) is 4.29. The SMILES string of the molecule is CN(CC1CC1)c1cc(N2CCNCC2=O)c2nc(C(=O)NCc3ccc(F)cc3)c(O)c(=O)n2c1. The van der Waals surface area contributed by atoms with E-state index < -0.39 is 28.7 Å². The first-order chi connectivity index (χ1) is 17.3. The molecule has 3 heterocycles. The molecule has 1 aliphatic heterocycles. The highest BCUT2D eigenvalue weighted by molar-refractivity contribution is 6.00. The first-order valence-corrected chi connectivity index (χ1v) is 11.9. The minimum absolute atomic E-state index is 0.0492. The topological polar surface area (TPSA) is 119 Å². The molecule has 10 nitrogen and oxygen atoms in total. The van der Waals surface area contributed by atoms with Gasteiger partial charge in [-0.2, -0.15) is 0 Å². The van der Waals surface area contributed by atoms with Crippen molar-refractivity contribution in [2.75, 3.05) is 43.0 Å². The molecule has 2 amide bonds. The molecule has 0 bridgehead atoms. The number of aromatic hydroxyl groups is 1. The molecular weight excluding hydrogens is 467 g/mol. The van der Waals surface area contributed by atoms with Crippen LogP contribution in [0.1, 0.15) is 28.9 Å². The Balaban J connectivity index is 1.56. The Morgan fingerprint density at radius 1 is 1.28 bits per heavy atom. The van der Waals surface area contributed by atoms with Crippen LogP contribution in [-0.4, -0.2) is 59.5 Å². The van der Waals surface area contributed by atoms with E-state index >= 15 is 0 Å². The van der Waals surface area contributed by atoms with Crippen molar-refractivity contribution in [3.8, 4) is 5.75 Å². The summed E-state index contributed by atoms with van der Waals surface area (Å²) >= 11 is 0. The van der Waals surface area contributed by atoms with Crippen LogP contribution in [0.2, 0.25) is 0 Å². The molecule has 1 saturated heterocycles. The number of halogens is 1. The number of amides is 2. The van der Waals surface area contributed by atoms with Crippen molar-refractivity contribution in [1.29, 1.82) is 0 Å². The van der Waals surface area contributed by atoms with E-state index in [0.29, 0.717) is 35.9 Å². The van der Waals surface area contributed by atoms with Gasteiger partial charge >= 0.3 is 5.56 Å². The van der Waals surface area contributed by atoms with E-state index in [4.69, 9.17) is 0 Å². The minimum atomic E-state index is -0.808. The highest BCUT2D eigenvalue weighted by Crippen LogP contribution is 2.33. The smallest absolute Gasteiger partial charge is 0.301 e. The van der Waals surface area contributed by atoms with Crippen molar-refractivity contribution >= 4 is 28.8 Å². The van der Waals surface area contributed by atoms with Crippen LogP contribution in [0.4, 0.5) is 15.8 Å². The lowest BCUT2D eigenvalue weighted by Gasteiger charge is -2.29. The van der Waals surface area contributed by atoms with Crippen LogP contribution in [0.3, 0.4) is 0 Å². The minimum Gasteiger partial charge on any atom is -0.501 e. The van der Waals surface area contributed by atoms with E-state index in [1.807, 2.05) is 11.9 Å². The lowest BCUT2D eigenvalue weighted by Crippen LogP contribution is -2.48. The fourth-order valence-electron chi connectivity index (χ4n) is 4.29. The third-order valence-electron chi connectivity index (χ3n) is 6.50. The number of rotatable bonds is 7. The van der Waals surface area contributed by atoms with Crippen molar-refractivity contribution in [3.63, 3.8) is 0 Å². The van der Waals surface area contributed by atoms with Gasteiger partial charge in [-0.15, -0.1) is 0 Å². The molecule has 0 spiro atoms. The monoisotopic (exact) mass is 494 g/mol. The van der Waals surface area contributed by atoms with Gasteiger partial charge in [0.25, 0.3) is 5.91 Å². The number of aromatic nitrogens is 2. The number of anilines is 2. The van der Waals surface area contributed by atoms with Gasteiger partial charge in [-0.25, -0.2) is 9.37 Å². The standard InChI is InChI=1S/C25H27FN6O4/c1-30(13-16-2-3-16)18-10-19(31-9-8-27-12-20(31)33)23-29-21(22(34)25(36)32(23)14-18)24(35)28-11-15-4-6-17(26)7-5-15/h4-7,10,14,16,27,34H,2-3,8-9,11-13H2,1H3,(H,28,35). The van der Waals surface area contributed by atoms with E-state index in [1.54, 1.807) is 17.2 Å². The van der Waals surface area contributed by atoms with Gasteiger partial charge in [0.05, 0.1) is 17.9 Å². The summed E-state index contributed by atoms with van der Waals surface area (Å²) in [4.78, 5) is 46.8. The lowest BCUT2D eigenvalue weighted by molar-refractivity contribution is -0.118. The Bertz CT molecular complexity index is 1390. The highest BCUT2D eigenvalue weighted by Gasteiger charge is 2.28. The molecule has 3 N–H and O–H groups in total. The fraction of sp³-hybridized carbons (Fsp3) is 0.360. The zero-order chi connectivity index (χ0) is 25.4. The molecule has 0 unspecified atom stereocenters. The van der Waals surface area contributed by atoms with Crippen molar-refractivity contribution in [3.05, 3.63) is 64.0 Å². The molecule has 5 rings (SSSR count). The molecule has 1 saturated carbocycles. The second-order valence-electron chi connectivity index (χ2n) is 9.25. The third-order valence-corrected chi connectivity index (χ3v) is 6.50. The van der Waals surface area contributed by atoms with Crippen LogP contribution >= 0.6 is 0 Å². The number of hydrogen-bond donors (Lipinski definition) is 3. The predicted molar refractivity (Wildman–Crippen MR) is 132 cm³/mol. The quantitative estimate of drug-likeness (QED) is 0.452. The Morgan fingerprint density at radius 2 is 2.03 bits per heavy atom. The summed E-state index contributed by atoms with van der Waals surface area (Å²) in [7, 11) is 1.92. The van der Waals surface area contributed by atoms with Crippen LogP contribution in [-0.2, 0) is 11.3 Å². The summed E-state index contributed by atoms with van der Waals surface area (Å²) in [5.41, 5.74) is 0.585. The average Bonchev–Trinajstić information content (AvgIpc) is 3.69. The molecule has 188 valence electrons. The van der Waals surface area contributed by atoms with Gasteiger partial charge in [-0.05, 0) is 42.5 Å². The second kappa shape index (κ2) is 9.57. The lowest BCUT2D eigenvalue weighted by atomic mass is 10.2. The van der Waals surface area contributed by atoms with Crippen molar-refractivity contribution in [2.24, 2.45) is 5.92 Å². The number of carbonyl (C=O) groups is 2. The first kappa shape index (κ1) is 23.7. The predicted octanol–water partition coefficient (Wildman–Crippen LogP) is 1.25. The van der Waals surface area contributed by atoms with E-state index in [1.165, 1.54) is 28.7 Å². The molecule has 1 aromatic carbocycles. The van der Waals surface area contributed by atoms with E-state index in [0.717, 1.165) is 19.4 Å². The third kappa shape index (κ3) is 4.74. The van der Waals surface area contributed by atoms with Crippen molar-refractivity contribution in [2.45, 2.75) is 19.4 Å². The number of fused-ring (bicyclic) bond motifs is 1. The molecule has 0 radical (unpaired) electrons. The zero-order valence-electron chi connectivity index (χ0n) is 19.8. The van der Waals surface area contributed by atoms with Gasteiger partial charge in [0, 0.05) is 39.4 Å². The molecule has 2 aromatic heterocycles. The maximum absolute atomic E-state index is 13.2. The normalized spacial score (nSPS) is 15.8. The van der Waals surface area contributed by atoms with Gasteiger partial charge < -0.3 is 25.5 Å². The zero-order valence-corrected chi connectivity index (χ0v) is 19.8. The van der Waals surface area contributed by atoms with E-state index in [9.17, 15) is 23.9 Å². The van der Waals surface area contributed by atoms with Gasteiger partial charge in [-0.1, -0.05) is 12.1 Å². The number of hydrogen-bond acceptors (Lipinski definition) is 7. The number of carbonyl (C=O) groups excluding carboxylic acids is 2. The Labute approximate surface area is 206 Å². The van der Waals surface area contributed by atoms with Gasteiger partial charge in [0.15, 0.2) is 11.3 Å². The molecule has 2 fully saturated rings. The molecule has 2 aliphatic rings. The molecule has 11 heteroatoms. The Hall–Kier alpha value is -3.99. The van der Waals surface area contributed by atoms with E-state index in [-0.39, 0.29) is 24.6 Å². The summed E-state index contributed by atoms with van der Waals surface area (Å²) in [5, 5.41) is 16.3. The molecule has 0 atom stereocenters. The van der Waals surface area contributed by atoms with Gasteiger partial charge in [0.1, 0.15) is 5.82 Å². The van der Waals surface area contributed by atoms with Crippen LogP contribution < -0.4 is 26.0 Å². The van der Waals surface area contributed by atoms with Crippen LogP contribution in [0.5, 0.6) is 5.75 Å². The Morgan fingerprint density at radius 3 is 2.72 bits per heavy atom. The maximum Gasteiger partial charge on any atom is 0.301 e. The summed E-state index contributed by atoms with van der Waals surface area (Å²) in [6.45, 7) is 1.92. The number of piperazine rings is 1. The molecular formula is C25H27FN6O4. The van der Waals surface area contributed by atoms with Gasteiger partial charge in [-0.3, -0.25) is 18.8 Å². The number of benzene rings is 1. The number of nitrogens with one attached hydrogen (secondary N) is 2. The largest absolute Gasteiger partial charge is 0.501 e. The maximum atomic E-state index is 13.2. The van der Waals surface area contributed by atoms with Crippen LogP contribution in [0.25, 0.3) is 5.65 Å². The number of pyridine rings is 1. The number of nitrogens with zero attached hydrogens (tertiary/aromatic N) is 4. The van der Waals surface area contributed by atoms with Crippen molar-refractivity contribution in [1.82, 2.24) is 20.0 Å². The average molecular weight is 495 g/mol. The summed E-state index contributed by atoms with van der Waals surface area (Å²) in [6.07, 6.45) is 3.88. The van der Waals surface area contributed by atoms with E-state index in [2.05, 4.69) is 15.6 Å². The van der Waals surface area contributed by atoms with Crippen LogP contribution in [0, 0.1) is 11.7 Å². The van der Waals surface area contributed by atoms with Crippen molar-refractivity contribution < 1.29 is 19.1 Å². The molecule has 1 aliphatic carbocycles. The highest BCUT2D eigenvalue weighted by atomic mass is 19.1. The Kier molecular flexibility index (Phi) is 6.31.